The van der Waals surface area contributed by atoms with Crippen molar-refractivity contribution in [2.75, 3.05) is 26.5 Å². The fraction of sp³-hybridized carbons (Fsp3) is 0.529. The summed E-state index contributed by atoms with van der Waals surface area (Å²) in [6, 6.07) is 6.94. The predicted molar refractivity (Wildman–Crippen MR) is 90.1 cm³/mol. The average Bonchev–Trinajstić information content (AvgIpc) is 2.90. The van der Waals surface area contributed by atoms with Crippen molar-refractivity contribution in [3.8, 4) is 0 Å². The van der Waals surface area contributed by atoms with Gasteiger partial charge in [0.05, 0.1) is 12.9 Å². The summed E-state index contributed by atoms with van der Waals surface area (Å²) in [4.78, 5) is 5.75. The zero-order valence-corrected chi connectivity index (χ0v) is 14.3. The maximum Gasteiger partial charge on any atom is 0.264 e. The zero-order valence-electron chi connectivity index (χ0n) is 13.5. The minimum atomic E-state index is -3.37. The van der Waals surface area contributed by atoms with Gasteiger partial charge >= 0.3 is 0 Å². The van der Waals surface area contributed by atoms with Crippen LogP contribution < -0.4 is 0 Å². The van der Waals surface area contributed by atoms with Crippen molar-refractivity contribution in [3.63, 3.8) is 0 Å². The highest BCUT2D eigenvalue weighted by atomic mass is 32.2. The van der Waals surface area contributed by atoms with Gasteiger partial charge in [-0.25, -0.2) is 0 Å². The molecule has 5 nitrogen and oxygen atoms in total. The van der Waals surface area contributed by atoms with Gasteiger partial charge in [-0.05, 0) is 43.0 Å². The molecule has 0 amide bonds. The van der Waals surface area contributed by atoms with Crippen molar-refractivity contribution in [2.24, 2.45) is 5.92 Å². The van der Waals surface area contributed by atoms with Gasteiger partial charge in [-0.3, -0.25) is 4.18 Å². The van der Waals surface area contributed by atoms with Crippen molar-refractivity contribution in [2.45, 2.75) is 24.8 Å². The molecule has 1 aliphatic heterocycles. The Kier molecular flexibility index (Phi) is 3.51. The van der Waals surface area contributed by atoms with Crippen LogP contribution in [0, 0.1) is 5.92 Å². The molecule has 0 saturated carbocycles. The normalized spacial score (nSPS) is 28.0. The quantitative estimate of drug-likeness (QED) is 0.873. The van der Waals surface area contributed by atoms with Crippen molar-refractivity contribution in [3.05, 3.63) is 35.5 Å². The van der Waals surface area contributed by atoms with E-state index < -0.39 is 10.1 Å². The smallest absolute Gasteiger partial charge is 0.264 e. The van der Waals surface area contributed by atoms with Crippen molar-refractivity contribution < 1.29 is 12.6 Å². The largest absolute Gasteiger partial charge is 0.361 e. The first-order valence-corrected chi connectivity index (χ1v) is 9.87. The molecular formula is C17H22N2O3S. The van der Waals surface area contributed by atoms with Gasteiger partial charge in [0, 0.05) is 35.6 Å². The number of hydrogen-bond donors (Lipinski definition) is 1. The van der Waals surface area contributed by atoms with Crippen LogP contribution in [-0.2, 0) is 20.7 Å². The summed E-state index contributed by atoms with van der Waals surface area (Å²) in [5.74, 6) is 0.681. The fourth-order valence-corrected chi connectivity index (χ4v) is 4.83. The topological polar surface area (TPSA) is 62.4 Å². The van der Waals surface area contributed by atoms with Crippen molar-refractivity contribution >= 4 is 21.0 Å². The molecule has 0 radical (unpaired) electrons. The van der Waals surface area contributed by atoms with Crippen LogP contribution in [0.5, 0.6) is 0 Å². The molecule has 1 saturated heterocycles. The number of likely N-dealkylation sites (N-methyl/N-ethyl adjacent to an activating group) is 1. The summed E-state index contributed by atoms with van der Waals surface area (Å²) in [5, 5.41) is 1.37. The summed E-state index contributed by atoms with van der Waals surface area (Å²) in [6.07, 6.45) is 5.29. The summed E-state index contributed by atoms with van der Waals surface area (Å²) in [5.41, 5.74) is 3.99. The number of hydrogen-bond acceptors (Lipinski definition) is 4. The van der Waals surface area contributed by atoms with E-state index in [0.717, 1.165) is 25.6 Å². The summed E-state index contributed by atoms with van der Waals surface area (Å²) in [6.45, 7) is 1.16. The number of aromatic nitrogens is 1. The van der Waals surface area contributed by atoms with Crippen LogP contribution in [0.1, 0.15) is 23.5 Å². The van der Waals surface area contributed by atoms with E-state index >= 15 is 0 Å². The number of aromatic amines is 1. The molecule has 23 heavy (non-hydrogen) atoms. The third kappa shape index (κ3) is 2.69. The second kappa shape index (κ2) is 5.33. The van der Waals surface area contributed by atoms with Gasteiger partial charge in [0.25, 0.3) is 10.1 Å². The molecule has 4 rings (SSSR count). The van der Waals surface area contributed by atoms with Crippen molar-refractivity contribution in [1.29, 1.82) is 0 Å². The van der Waals surface area contributed by atoms with E-state index in [0.29, 0.717) is 12.0 Å². The molecule has 1 aliphatic carbocycles. The minimum absolute atomic E-state index is 0.242. The van der Waals surface area contributed by atoms with Crippen LogP contribution >= 0.6 is 0 Å². The van der Waals surface area contributed by atoms with Gasteiger partial charge in [0.15, 0.2) is 0 Å². The van der Waals surface area contributed by atoms with Gasteiger partial charge in [-0.2, -0.15) is 8.42 Å². The number of nitrogens with one attached hydrogen (secondary N) is 1. The lowest BCUT2D eigenvalue weighted by Crippen LogP contribution is -2.48. The molecule has 6 heteroatoms. The Morgan fingerprint density at radius 2 is 2.22 bits per heavy atom. The van der Waals surface area contributed by atoms with Crippen LogP contribution in [0.4, 0.5) is 0 Å². The lowest BCUT2D eigenvalue weighted by atomic mass is 9.72. The molecule has 3 atom stereocenters. The zero-order chi connectivity index (χ0) is 16.2. The first-order valence-electron chi connectivity index (χ1n) is 8.06. The van der Waals surface area contributed by atoms with E-state index in [4.69, 9.17) is 4.18 Å². The highest BCUT2D eigenvalue weighted by molar-refractivity contribution is 7.85. The second-order valence-corrected chi connectivity index (χ2v) is 8.64. The first-order chi connectivity index (χ1) is 10.9. The molecule has 0 bridgehead atoms. The molecule has 0 spiro atoms. The van der Waals surface area contributed by atoms with Gasteiger partial charge < -0.3 is 9.88 Å². The van der Waals surface area contributed by atoms with E-state index in [9.17, 15) is 8.42 Å². The Balaban J connectivity index is 1.65. The summed E-state index contributed by atoms with van der Waals surface area (Å²) in [7, 11) is -1.23. The number of likely N-dealkylation sites (tertiary alicyclic amines) is 1. The molecule has 2 heterocycles. The van der Waals surface area contributed by atoms with Crippen LogP contribution in [0.2, 0.25) is 0 Å². The molecule has 2 aliphatic rings. The predicted octanol–water partition coefficient (Wildman–Crippen LogP) is 2.10. The fourth-order valence-electron chi connectivity index (χ4n) is 4.39. The van der Waals surface area contributed by atoms with E-state index in [2.05, 4.69) is 41.3 Å². The van der Waals surface area contributed by atoms with Crippen LogP contribution in [0.15, 0.2) is 24.4 Å². The number of piperidine rings is 1. The average molecular weight is 334 g/mol. The molecule has 1 N–H and O–H groups in total. The molecule has 1 aromatic carbocycles. The second-order valence-electron chi connectivity index (χ2n) is 6.99. The third-order valence-corrected chi connectivity index (χ3v) is 5.89. The van der Waals surface area contributed by atoms with Crippen LogP contribution in [0.25, 0.3) is 10.9 Å². The monoisotopic (exact) mass is 334 g/mol. The van der Waals surface area contributed by atoms with E-state index in [1.54, 1.807) is 0 Å². The summed E-state index contributed by atoms with van der Waals surface area (Å²) < 4.78 is 27.6. The molecule has 124 valence electrons. The van der Waals surface area contributed by atoms with Crippen molar-refractivity contribution in [1.82, 2.24) is 9.88 Å². The first kappa shape index (κ1) is 15.2. The molecular weight excluding hydrogens is 312 g/mol. The molecule has 1 unspecified atom stereocenters. The Morgan fingerprint density at radius 3 is 3.00 bits per heavy atom. The SMILES string of the molecule is CN1CC(COS(C)(=O)=O)C[C@H]2c3cccc4[nH]cc(c34)C[C@@H]21. The lowest BCUT2D eigenvalue weighted by Gasteiger charge is -2.45. The Morgan fingerprint density at radius 1 is 1.39 bits per heavy atom. The Hall–Kier alpha value is -1.37. The molecule has 1 fully saturated rings. The third-order valence-electron chi connectivity index (χ3n) is 5.33. The standard InChI is InChI=1S/C17H22N2O3S/c1-19-9-11(10-22-23(2,20)21)6-14-13-4-3-5-15-17(13)12(8-18-15)7-16(14)19/h3-5,8,11,14,16,18H,6-7,9-10H2,1-2H3/t11?,14-,16-/m0/s1. The van der Waals surface area contributed by atoms with Crippen LogP contribution in [-0.4, -0.2) is 50.8 Å². The van der Waals surface area contributed by atoms with Crippen LogP contribution in [0.3, 0.4) is 0 Å². The number of fused-ring (bicyclic) bond motifs is 2. The molecule has 1 aromatic heterocycles. The highest BCUT2D eigenvalue weighted by Gasteiger charge is 2.39. The number of nitrogens with zero attached hydrogens (tertiary/aromatic N) is 1. The number of rotatable bonds is 3. The van der Waals surface area contributed by atoms with Gasteiger partial charge in [0.2, 0.25) is 0 Å². The number of H-pyrrole nitrogens is 1. The maximum absolute atomic E-state index is 11.3. The van der Waals surface area contributed by atoms with Gasteiger partial charge in [0.1, 0.15) is 0 Å². The summed E-state index contributed by atoms with van der Waals surface area (Å²) >= 11 is 0. The minimum Gasteiger partial charge on any atom is -0.361 e. The van der Waals surface area contributed by atoms with E-state index in [-0.39, 0.29) is 12.5 Å². The van der Waals surface area contributed by atoms with E-state index in [1.807, 2.05) is 0 Å². The van der Waals surface area contributed by atoms with Gasteiger partial charge in [-0.15, -0.1) is 0 Å². The maximum atomic E-state index is 11.3. The highest BCUT2D eigenvalue weighted by Crippen LogP contribution is 2.44. The van der Waals surface area contributed by atoms with Gasteiger partial charge in [-0.1, -0.05) is 12.1 Å². The Bertz CT molecular complexity index is 843. The molecule has 2 aromatic rings. The number of benzene rings is 1. The lowest BCUT2D eigenvalue weighted by molar-refractivity contribution is 0.0856. The Labute approximate surface area is 136 Å². The van der Waals surface area contributed by atoms with E-state index in [1.165, 1.54) is 22.0 Å².